The average Bonchev–Trinajstić information content (AvgIpc) is 2.93. The van der Waals surface area contributed by atoms with Crippen LogP contribution in [0.15, 0.2) is 11.6 Å². The van der Waals surface area contributed by atoms with Crippen LogP contribution in [-0.4, -0.2) is 47.9 Å². The minimum atomic E-state index is 0.0535. The molecule has 3 N–H and O–H groups in total. The van der Waals surface area contributed by atoms with Crippen molar-refractivity contribution in [3.05, 3.63) is 17.3 Å². The predicted octanol–water partition coefficient (Wildman–Crippen LogP) is 0.300. The van der Waals surface area contributed by atoms with Crippen molar-refractivity contribution in [3.63, 3.8) is 0 Å². The van der Waals surface area contributed by atoms with E-state index in [9.17, 15) is 0 Å². The molecule has 0 aliphatic heterocycles. The summed E-state index contributed by atoms with van der Waals surface area (Å²) >= 11 is 1.59. The molecule has 0 atom stereocenters. The van der Waals surface area contributed by atoms with Crippen molar-refractivity contribution < 1.29 is 9.84 Å². The number of nitrogens with zero attached hydrogens (tertiary/aromatic N) is 3. The molecule has 2 aromatic rings. The SMILES string of the molecule is CN(CCOCCO)c1nc2sccn2c1CN. The number of imidazole rings is 1. The number of fused-ring (bicyclic) bond motifs is 1. The number of aromatic nitrogens is 2. The zero-order valence-corrected chi connectivity index (χ0v) is 11.2. The van der Waals surface area contributed by atoms with Gasteiger partial charge in [0.25, 0.3) is 0 Å². The molecule has 0 fully saturated rings. The van der Waals surface area contributed by atoms with Gasteiger partial charge in [0.1, 0.15) is 0 Å². The summed E-state index contributed by atoms with van der Waals surface area (Å²) in [5, 5.41) is 10.6. The summed E-state index contributed by atoms with van der Waals surface area (Å²) in [6.07, 6.45) is 1.98. The number of anilines is 1. The summed E-state index contributed by atoms with van der Waals surface area (Å²) in [7, 11) is 1.97. The van der Waals surface area contributed by atoms with Crippen molar-refractivity contribution in [2.24, 2.45) is 5.73 Å². The van der Waals surface area contributed by atoms with Gasteiger partial charge >= 0.3 is 0 Å². The lowest BCUT2D eigenvalue weighted by molar-refractivity contribution is 0.0970. The van der Waals surface area contributed by atoms with Crippen LogP contribution < -0.4 is 10.6 Å². The maximum atomic E-state index is 8.63. The van der Waals surface area contributed by atoms with Gasteiger partial charge in [-0.1, -0.05) is 0 Å². The summed E-state index contributed by atoms with van der Waals surface area (Å²) in [5.74, 6) is 0.900. The molecule has 0 aliphatic carbocycles. The molecule has 0 spiro atoms. The lowest BCUT2D eigenvalue weighted by Crippen LogP contribution is -2.25. The van der Waals surface area contributed by atoms with Gasteiger partial charge in [-0.15, -0.1) is 11.3 Å². The van der Waals surface area contributed by atoms with Gasteiger partial charge in [-0.2, -0.15) is 0 Å². The number of aliphatic hydroxyl groups excluding tert-OH is 1. The standard InChI is InChI=1S/C11H18N4O2S/c1-14(2-5-17-6-4-16)10-9(8-12)15-3-7-18-11(15)13-10/h3,7,16H,2,4-6,8,12H2,1H3. The molecule has 0 aromatic carbocycles. The van der Waals surface area contributed by atoms with Crippen molar-refractivity contribution in [1.29, 1.82) is 0 Å². The summed E-state index contributed by atoms with van der Waals surface area (Å²) in [5.41, 5.74) is 6.80. The lowest BCUT2D eigenvalue weighted by atomic mass is 10.4. The van der Waals surface area contributed by atoms with Gasteiger partial charge in [-0.3, -0.25) is 4.40 Å². The van der Waals surface area contributed by atoms with Gasteiger partial charge in [0.2, 0.25) is 0 Å². The van der Waals surface area contributed by atoms with E-state index in [1.54, 1.807) is 11.3 Å². The Kier molecular flexibility index (Phi) is 4.54. The van der Waals surface area contributed by atoms with Crippen LogP contribution >= 0.6 is 11.3 Å². The average molecular weight is 270 g/mol. The van der Waals surface area contributed by atoms with Gasteiger partial charge in [-0.05, 0) is 0 Å². The molecule has 18 heavy (non-hydrogen) atoms. The highest BCUT2D eigenvalue weighted by molar-refractivity contribution is 7.15. The zero-order chi connectivity index (χ0) is 13.0. The molecule has 2 heterocycles. The number of likely N-dealkylation sites (N-methyl/N-ethyl adjacent to an activating group) is 1. The Hall–Kier alpha value is -1.15. The van der Waals surface area contributed by atoms with E-state index in [0.29, 0.717) is 19.8 Å². The molecule has 0 amide bonds. The Balaban J connectivity index is 2.06. The Labute approximate surface area is 110 Å². The van der Waals surface area contributed by atoms with Crippen molar-refractivity contribution in [2.75, 3.05) is 38.3 Å². The Morgan fingerprint density at radius 3 is 3.11 bits per heavy atom. The molecule has 0 saturated heterocycles. The van der Waals surface area contributed by atoms with E-state index >= 15 is 0 Å². The highest BCUT2D eigenvalue weighted by atomic mass is 32.1. The first kappa shape index (κ1) is 13.3. The van der Waals surface area contributed by atoms with Gasteiger partial charge in [0, 0.05) is 31.7 Å². The Morgan fingerprint density at radius 1 is 1.56 bits per heavy atom. The first-order chi connectivity index (χ1) is 8.77. The van der Waals surface area contributed by atoms with Crippen LogP contribution in [0.5, 0.6) is 0 Å². The monoisotopic (exact) mass is 270 g/mol. The largest absolute Gasteiger partial charge is 0.394 e. The van der Waals surface area contributed by atoms with Crippen molar-refractivity contribution in [1.82, 2.24) is 9.38 Å². The van der Waals surface area contributed by atoms with E-state index in [1.807, 2.05) is 27.9 Å². The molecule has 0 unspecified atom stereocenters. The molecule has 0 bridgehead atoms. The van der Waals surface area contributed by atoms with E-state index in [4.69, 9.17) is 15.6 Å². The van der Waals surface area contributed by atoms with E-state index < -0.39 is 0 Å². The second kappa shape index (κ2) is 6.14. The third kappa shape index (κ3) is 2.64. The molecule has 6 nitrogen and oxygen atoms in total. The van der Waals surface area contributed by atoms with Crippen LogP contribution in [0, 0.1) is 0 Å². The molecule has 0 aliphatic rings. The molecular weight excluding hydrogens is 252 g/mol. The first-order valence-corrected chi connectivity index (χ1v) is 6.70. The Morgan fingerprint density at radius 2 is 2.39 bits per heavy atom. The van der Waals surface area contributed by atoms with Gasteiger partial charge in [-0.25, -0.2) is 4.98 Å². The van der Waals surface area contributed by atoms with Gasteiger partial charge < -0.3 is 20.5 Å². The van der Waals surface area contributed by atoms with Crippen LogP contribution in [0.25, 0.3) is 4.96 Å². The number of hydrogen-bond donors (Lipinski definition) is 2. The minimum Gasteiger partial charge on any atom is -0.394 e. The van der Waals surface area contributed by atoms with Crippen LogP contribution in [0.1, 0.15) is 5.69 Å². The smallest absolute Gasteiger partial charge is 0.195 e. The zero-order valence-electron chi connectivity index (χ0n) is 10.4. The van der Waals surface area contributed by atoms with Gasteiger partial charge in [0.15, 0.2) is 10.8 Å². The number of rotatable bonds is 7. The summed E-state index contributed by atoms with van der Waals surface area (Å²) in [6.45, 7) is 2.16. The minimum absolute atomic E-state index is 0.0535. The third-order valence-electron chi connectivity index (χ3n) is 2.70. The number of ether oxygens (including phenoxy) is 1. The number of aliphatic hydroxyl groups is 1. The van der Waals surface area contributed by atoms with Crippen LogP contribution in [0.4, 0.5) is 5.82 Å². The van der Waals surface area contributed by atoms with Crippen LogP contribution in [0.2, 0.25) is 0 Å². The third-order valence-corrected chi connectivity index (χ3v) is 3.46. The first-order valence-electron chi connectivity index (χ1n) is 5.82. The normalized spacial score (nSPS) is 11.3. The van der Waals surface area contributed by atoms with E-state index in [2.05, 4.69) is 4.98 Å². The van der Waals surface area contributed by atoms with E-state index in [1.165, 1.54) is 0 Å². The van der Waals surface area contributed by atoms with Crippen molar-refractivity contribution in [3.8, 4) is 0 Å². The van der Waals surface area contributed by atoms with Crippen molar-refractivity contribution in [2.45, 2.75) is 6.54 Å². The van der Waals surface area contributed by atoms with Crippen LogP contribution in [0.3, 0.4) is 0 Å². The molecule has 100 valence electrons. The predicted molar refractivity (Wildman–Crippen MR) is 72.1 cm³/mol. The summed E-state index contributed by atoms with van der Waals surface area (Å²) in [4.78, 5) is 7.54. The van der Waals surface area contributed by atoms with E-state index in [0.717, 1.165) is 23.0 Å². The molecular formula is C11H18N4O2S. The highest BCUT2D eigenvalue weighted by Gasteiger charge is 2.14. The second-order valence-electron chi connectivity index (χ2n) is 3.90. The molecule has 2 rings (SSSR count). The topological polar surface area (TPSA) is 76.0 Å². The molecule has 2 aromatic heterocycles. The van der Waals surface area contributed by atoms with Gasteiger partial charge in [0.05, 0.1) is 25.5 Å². The lowest BCUT2D eigenvalue weighted by Gasteiger charge is -2.17. The highest BCUT2D eigenvalue weighted by Crippen LogP contribution is 2.23. The maximum absolute atomic E-state index is 8.63. The van der Waals surface area contributed by atoms with E-state index in [-0.39, 0.29) is 6.61 Å². The number of nitrogens with two attached hydrogens (primary N) is 1. The fourth-order valence-corrected chi connectivity index (χ4v) is 2.52. The van der Waals surface area contributed by atoms with Crippen molar-refractivity contribution >= 4 is 22.1 Å². The molecule has 0 saturated carbocycles. The fourth-order valence-electron chi connectivity index (χ4n) is 1.79. The summed E-state index contributed by atoms with van der Waals surface area (Å²) < 4.78 is 7.27. The maximum Gasteiger partial charge on any atom is 0.195 e. The van der Waals surface area contributed by atoms with Crippen LogP contribution in [-0.2, 0) is 11.3 Å². The Bertz CT molecular complexity index is 496. The second-order valence-corrected chi connectivity index (χ2v) is 4.77. The molecule has 7 heteroatoms. The number of hydrogen-bond acceptors (Lipinski definition) is 6. The molecule has 0 radical (unpaired) electrons. The number of thiazole rings is 1. The fraction of sp³-hybridized carbons (Fsp3) is 0.545. The summed E-state index contributed by atoms with van der Waals surface area (Å²) in [6, 6.07) is 0. The quantitative estimate of drug-likeness (QED) is 0.708.